The fourth-order valence-corrected chi connectivity index (χ4v) is 3.80. The second kappa shape index (κ2) is 6.07. The third-order valence-electron chi connectivity index (χ3n) is 3.49. The van der Waals surface area contributed by atoms with Crippen LogP contribution in [0.3, 0.4) is 0 Å². The van der Waals surface area contributed by atoms with E-state index in [0.29, 0.717) is 12.8 Å². The van der Waals surface area contributed by atoms with Crippen LogP contribution in [0.5, 0.6) is 0 Å². The Balaban J connectivity index is 2.21. The zero-order valence-electron chi connectivity index (χ0n) is 11.0. The lowest BCUT2D eigenvalue weighted by molar-refractivity contribution is 0.130. The van der Waals surface area contributed by atoms with Gasteiger partial charge in [0.1, 0.15) is 5.82 Å². The van der Waals surface area contributed by atoms with Crippen molar-refractivity contribution in [3.05, 3.63) is 24.0 Å². The number of aliphatic hydroxyl groups is 1. The lowest BCUT2D eigenvalue weighted by Crippen LogP contribution is -2.42. The minimum absolute atomic E-state index is 0.0480. The van der Waals surface area contributed by atoms with Gasteiger partial charge in [0.05, 0.1) is 11.0 Å². The smallest absolute Gasteiger partial charge is 0.241 e. The molecule has 1 aliphatic rings. The van der Waals surface area contributed by atoms with E-state index in [1.165, 1.54) is 6.07 Å². The first-order valence-corrected chi connectivity index (χ1v) is 8.13. The quantitative estimate of drug-likeness (QED) is 0.581. The first kappa shape index (κ1) is 15.2. The van der Waals surface area contributed by atoms with E-state index in [1.807, 2.05) is 0 Å². The predicted octanol–water partition coefficient (Wildman–Crippen LogP) is 1.38. The third-order valence-corrected chi connectivity index (χ3v) is 4.96. The molecule has 0 heterocycles. The Morgan fingerprint density at radius 3 is 2.60 bits per heavy atom. The number of nitrogen functional groups attached to an aromatic ring is 1. The summed E-state index contributed by atoms with van der Waals surface area (Å²) in [5, 5.41) is 9.94. The molecular formula is C13H19FN2O3S. The number of anilines is 1. The average Bonchev–Trinajstić information content (AvgIpc) is 2.53. The Morgan fingerprint density at radius 1 is 1.20 bits per heavy atom. The summed E-state index contributed by atoms with van der Waals surface area (Å²) in [6.07, 6.45) is 3.14. The Bertz CT molecular complexity index is 557. The third kappa shape index (κ3) is 3.68. The van der Waals surface area contributed by atoms with Gasteiger partial charge in [-0.2, -0.15) is 0 Å². The number of sulfonamides is 1. The summed E-state index contributed by atoms with van der Waals surface area (Å²) in [6, 6.07) is 2.64. The van der Waals surface area contributed by atoms with E-state index >= 15 is 0 Å². The summed E-state index contributed by atoms with van der Waals surface area (Å²) in [5.74, 6) is -0.702. The van der Waals surface area contributed by atoms with Gasteiger partial charge in [-0.1, -0.05) is 19.3 Å². The van der Waals surface area contributed by atoms with Gasteiger partial charge < -0.3 is 10.8 Å². The summed E-state index contributed by atoms with van der Waals surface area (Å²) in [5.41, 5.74) is 5.51. The van der Waals surface area contributed by atoms with Crippen LogP contribution >= 0.6 is 0 Å². The average molecular weight is 302 g/mol. The summed E-state index contributed by atoms with van der Waals surface area (Å²) in [4.78, 5) is -0.216. The number of hydrogen-bond acceptors (Lipinski definition) is 4. The normalized spacial score (nSPS) is 24.3. The number of halogens is 1. The van der Waals surface area contributed by atoms with Crippen LogP contribution < -0.4 is 10.5 Å². The molecule has 0 aliphatic heterocycles. The fourth-order valence-electron chi connectivity index (χ4n) is 2.43. The second-order valence-corrected chi connectivity index (χ2v) is 6.87. The van der Waals surface area contributed by atoms with Crippen LogP contribution in [0.1, 0.15) is 32.1 Å². The standard InChI is InChI=1S/C13H19FN2O3S/c14-9-6-10(15)8-11(7-9)20(18,19)16-12-4-2-1-3-5-13(12)17/h6-8,12-13,16-17H,1-5,15H2. The van der Waals surface area contributed by atoms with Crippen LogP contribution in [0, 0.1) is 5.82 Å². The topological polar surface area (TPSA) is 92.4 Å². The van der Waals surface area contributed by atoms with E-state index in [0.717, 1.165) is 31.4 Å². The van der Waals surface area contributed by atoms with Crippen molar-refractivity contribution >= 4 is 15.7 Å². The van der Waals surface area contributed by atoms with E-state index < -0.39 is 28.0 Å². The van der Waals surface area contributed by atoms with Crippen molar-refractivity contribution in [3.63, 3.8) is 0 Å². The van der Waals surface area contributed by atoms with Crippen LogP contribution in [0.4, 0.5) is 10.1 Å². The van der Waals surface area contributed by atoms with Crippen LogP contribution in [-0.2, 0) is 10.0 Å². The van der Waals surface area contributed by atoms with Crippen molar-refractivity contribution in [1.82, 2.24) is 4.72 Å². The molecule has 112 valence electrons. The molecule has 1 saturated carbocycles. The van der Waals surface area contributed by atoms with Crippen molar-refractivity contribution in [1.29, 1.82) is 0 Å². The molecule has 0 spiro atoms. The second-order valence-electron chi connectivity index (χ2n) is 5.15. The first-order valence-electron chi connectivity index (χ1n) is 6.65. The number of benzene rings is 1. The molecule has 0 radical (unpaired) electrons. The molecule has 2 rings (SSSR count). The van der Waals surface area contributed by atoms with Gasteiger partial charge in [0.2, 0.25) is 10.0 Å². The van der Waals surface area contributed by atoms with Crippen molar-refractivity contribution in [2.45, 2.75) is 49.1 Å². The van der Waals surface area contributed by atoms with Crippen molar-refractivity contribution in [2.24, 2.45) is 0 Å². The fraction of sp³-hybridized carbons (Fsp3) is 0.538. The Labute approximate surface area is 118 Å². The Kier molecular flexibility index (Phi) is 4.62. The molecule has 2 atom stereocenters. The van der Waals surface area contributed by atoms with Gasteiger partial charge >= 0.3 is 0 Å². The van der Waals surface area contributed by atoms with Crippen LogP contribution in [0.25, 0.3) is 0 Å². The van der Waals surface area contributed by atoms with Gasteiger partial charge in [0.15, 0.2) is 0 Å². The molecule has 0 aromatic heterocycles. The lowest BCUT2D eigenvalue weighted by Gasteiger charge is -2.21. The molecular weight excluding hydrogens is 283 g/mol. The van der Waals surface area contributed by atoms with Crippen LogP contribution in [0.15, 0.2) is 23.1 Å². The van der Waals surface area contributed by atoms with Crippen molar-refractivity contribution in [3.8, 4) is 0 Å². The summed E-state index contributed by atoms with van der Waals surface area (Å²) < 4.78 is 40.1. The minimum Gasteiger partial charge on any atom is -0.399 e. The Hall–Kier alpha value is -1.18. The highest BCUT2D eigenvalue weighted by Crippen LogP contribution is 2.21. The molecule has 5 nitrogen and oxygen atoms in total. The highest BCUT2D eigenvalue weighted by Gasteiger charge is 2.27. The number of nitrogens with one attached hydrogen (secondary N) is 1. The monoisotopic (exact) mass is 302 g/mol. The molecule has 0 amide bonds. The number of aliphatic hydroxyl groups excluding tert-OH is 1. The molecule has 0 saturated heterocycles. The minimum atomic E-state index is -3.88. The van der Waals surface area contributed by atoms with Crippen LogP contribution in [0.2, 0.25) is 0 Å². The van der Waals surface area contributed by atoms with Gasteiger partial charge in [-0.05, 0) is 31.0 Å². The maximum atomic E-state index is 13.3. The molecule has 1 aromatic carbocycles. The van der Waals surface area contributed by atoms with Crippen LogP contribution in [-0.4, -0.2) is 25.7 Å². The van der Waals surface area contributed by atoms with Gasteiger partial charge in [-0.25, -0.2) is 17.5 Å². The highest BCUT2D eigenvalue weighted by molar-refractivity contribution is 7.89. The van der Waals surface area contributed by atoms with Crippen molar-refractivity contribution in [2.75, 3.05) is 5.73 Å². The predicted molar refractivity (Wildman–Crippen MR) is 74.0 cm³/mol. The molecule has 1 fully saturated rings. The Morgan fingerprint density at radius 2 is 1.90 bits per heavy atom. The lowest BCUT2D eigenvalue weighted by atomic mass is 10.1. The highest BCUT2D eigenvalue weighted by atomic mass is 32.2. The molecule has 20 heavy (non-hydrogen) atoms. The molecule has 7 heteroatoms. The summed E-state index contributed by atoms with van der Waals surface area (Å²) in [6.45, 7) is 0. The number of hydrogen-bond donors (Lipinski definition) is 3. The molecule has 1 aliphatic carbocycles. The first-order chi connectivity index (χ1) is 9.38. The zero-order chi connectivity index (χ0) is 14.8. The number of rotatable bonds is 3. The van der Waals surface area contributed by atoms with Crippen molar-refractivity contribution < 1.29 is 17.9 Å². The van der Waals surface area contributed by atoms with E-state index in [9.17, 15) is 17.9 Å². The zero-order valence-corrected chi connectivity index (χ0v) is 11.9. The maximum Gasteiger partial charge on any atom is 0.241 e. The summed E-state index contributed by atoms with van der Waals surface area (Å²) >= 11 is 0. The van der Waals surface area contributed by atoms with E-state index in [-0.39, 0.29) is 10.6 Å². The number of nitrogens with two attached hydrogens (primary N) is 1. The summed E-state index contributed by atoms with van der Waals surface area (Å²) in [7, 11) is -3.88. The molecule has 1 aromatic rings. The van der Waals surface area contributed by atoms with Gasteiger partial charge in [0.25, 0.3) is 0 Å². The SMILES string of the molecule is Nc1cc(F)cc(S(=O)(=O)NC2CCCCCC2O)c1. The van der Waals surface area contributed by atoms with Gasteiger partial charge in [-0.15, -0.1) is 0 Å². The van der Waals surface area contributed by atoms with Gasteiger partial charge in [0, 0.05) is 11.7 Å². The van der Waals surface area contributed by atoms with E-state index in [4.69, 9.17) is 5.73 Å². The molecule has 2 unspecified atom stereocenters. The molecule has 0 bridgehead atoms. The maximum absolute atomic E-state index is 13.3. The van der Waals surface area contributed by atoms with E-state index in [2.05, 4.69) is 4.72 Å². The van der Waals surface area contributed by atoms with E-state index in [1.54, 1.807) is 0 Å². The van der Waals surface area contributed by atoms with Gasteiger partial charge in [-0.3, -0.25) is 0 Å². The molecule has 4 N–H and O–H groups in total. The largest absolute Gasteiger partial charge is 0.399 e.